The summed E-state index contributed by atoms with van der Waals surface area (Å²) in [6.07, 6.45) is 3.84. The second-order valence-electron chi connectivity index (χ2n) is 14.2. The minimum absolute atomic E-state index is 0.386. The summed E-state index contributed by atoms with van der Waals surface area (Å²) < 4.78 is 54.5. The van der Waals surface area contributed by atoms with Gasteiger partial charge < -0.3 is 37.7 Å². The van der Waals surface area contributed by atoms with Gasteiger partial charge in [0, 0.05) is 18.7 Å². The topological polar surface area (TPSA) is 83.1 Å². The van der Waals surface area contributed by atoms with Crippen LogP contribution >= 0.6 is 0 Å². The summed E-state index contributed by atoms with van der Waals surface area (Å²) in [6, 6.07) is 0. The summed E-state index contributed by atoms with van der Waals surface area (Å²) in [5, 5.41) is 0. The highest BCUT2D eigenvalue weighted by Crippen LogP contribution is 2.49. The van der Waals surface area contributed by atoms with Gasteiger partial charge in [0.25, 0.3) is 0 Å². The van der Waals surface area contributed by atoms with Crippen molar-refractivity contribution in [3.8, 4) is 0 Å². The molecule has 1 aliphatic carbocycles. The zero-order valence-corrected chi connectivity index (χ0v) is 52.3. The lowest BCUT2D eigenvalue weighted by Crippen LogP contribution is -2.57. The highest BCUT2D eigenvalue weighted by Gasteiger charge is 2.57. The van der Waals surface area contributed by atoms with Gasteiger partial charge in [-0.05, 0) is 91.4 Å². The summed E-state index contributed by atoms with van der Waals surface area (Å²) in [5.41, 5.74) is 4.49. The molecule has 0 spiro atoms. The molecule has 1 saturated carbocycles. The van der Waals surface area contributed by atoms with Gasteiger partial charge in [0.1, 0.15) is 0 Å². The molecule has 0 N–H and O–H groups in total. The first kappa shape index (κ1) is 63.7. The number of hydrogen-bond donors (Lipinski definition) is 0. The smallest absolute Gasteiger partial charge is 0.449 e. The van der Waals surface area contributed by atoms with E-state index in [1.54, 1.807) is 0 Å². The largest absolute Gasteiger partial charge is 0.635 e. The minimum atomic E-state index is -2.83. The van der Waals surface area contributed by atoms with Gasteiger partial charge in [-0.3, -0.25) is 0 Å². The summed E-state index contributed by atoms with van der Waals surface area (Å²) in [6.45, 7) is 57.2. The van der Waals surface area contributed by atoms with E-state index in [-0.39, 0.29) is 0 Å². The van der Waals surface area contributed by atoms with Gasteiger partial charge in [0.2, 0.25) is 0 Å². The van der Waals surface area contributed by atoms with E-state index in [1.807, 2.05) is 52.9 Å². The third-order valence-electron chi connectivity index (χ3n) is 6.66. The number of ether oxygens (including phenoxy) is 1. The molecule has 0 bridgehead atoms. The van der Waals surface area contributed by atoms with E-state index in [2.05, 4.69) is 125 Å². The second-order valence-corrected chi connectivity index (χ2v) is 44.0. The Hall–Kier alpha value is 1.51. The van der Waals surface area contributed by atoms with Crippen molar-refractivity contribution in [1.29, 1.82) is 0 Å². The first-order valence-electron chi connectivity index (χ1n) is 20.8. The van der Waals surface area contributed by atoms with E-state index >= 15 is 0 Å². The molecule has 9 nitrogen and oxygen atoms in total. The summed E-state index contributed by atoms with van der Waals surface area (Å²) in [7, 11) is -15.2. The Kier molecular flexibility index (Phi) is 42.6. The van der Waals surface area contributed by atoms with Crippen LogP contribution in [0.4, 0.5) is 0 Å². The Bertz CT molecular complexity index is 796. The molecule has 0 aromatic rings. The van der Waals surface area contributed by atoms with Gasteiger partial charge in [-0.2, -0.15) is 0 Å². The number of unbranched alkanes of at least 4 members (excludes halogenated alkanes) is 1. The summed E-state index contributed by atoms with van der Waals surface area (Å²) >= 11 is 0. The van der Waals surface area contributed by atoms with Crippen molar-refractivity contribution in [3.05, 3.63) is 24.6 Å². The molecular formula is C33H94O9Si11. The van der Waals surface area contributed by atoms with E-state index in [0.717, 1.165) is 19.4 Å². The van der Waals surface area contributed by atoms with Crippen molar-refractivity contribution in [2.45, 2.75) is 184 Å². The molecule has 0 saturated heterocycles. The molecule has 2 unspecified atom stereocenters. The van der Waals surface area contributed by atoms with Crippen LogP contribution in [0.5, 0.6) is 0 Å². The number of rotatable bonds is 23. The van der Waals surface area contributed by atoms with Gasteiger partial charge in [-0.15, -0.1) is 13.2 Å². The average molecular weight is 944 g/mol. The van der Waals surface area contributed by atoms with Crippen LogP contribution in [0.1, 0.15) is 67.7 Å². The molecule has 0 aromatic heterocycles. The standard InChI is InChI=1S/C12H34O5Si5.C8H18OSi2.C7H24O3Si4.3C2H6/c1-7-8-9-13-11-10-12(11)21(5,6)17-22(14-18-2,15-19-3)16-20-4;1-7-10(3,4)9-11(5,6)8-2;1-11(2)8-14(7,9-12(3)4)10-13(5)6;3*1-2/h11-12H,7-10,18-20H2,1-6H3;7-8H,1-2H2,3-6H3;11-13H,1-7H3;3*1-2H3. The van der Waals surface area contributed by atoms with Gasteiger partial charge >= 0.3 is 17.9 Å². The highest BCUT2D eigenvalue weighted by molar-refractivity contribution is 6.89. The summed E-state index contributed by atoms with van der Waals surface area (Å²) in [5.74, 6) is 0. The Labute approximate surface area is 350 Å². The van der Waals surface area contributed by atoms with Crippen LogP contribution in [0.15, 0.2) is 24.6 Å². The Morgan fingerprint density at radius 1 is 0.623 bits per heavy atom. The average Bonchev–Trinajstić information content (AvgIpc) is 3.84. The first-order valence-corrected chi connectivity index (χ1v) is 47.9. The van der Waals surface area contributed by atoms with Crippen LogP contribution in [-0.4, -0.2) is 112 Å². The molecule has 0 radical (unpaired) electrons. The second kappa shape index (κ2) is 35.5. The Morgan fingerprint density at radius 3 is 1.23 bits per heavy atom. The molecule has 1 aliphatic rings. The maximum atomic E-state index is 6.54. The SMILES string of the molecule is C=C[Si](C)(C)O[Si](C)(C)C=C.CC.CC.CC.CCCCOC1CC1[Si](C)(C)O[Si](O[SiH2]C)(O[SiH2]C)O[SiH2]C.C[SiH](C)O[Si](C)(O[SiH](C)C)O[SiH](C)C. The van der Waals surface area contributed by atoms with E-state index in [4.69, 9.17) is 37.7 Å². The predicted molar refractivity (Wildman–Crippen MR) is 266 cm³/mol. The van der Waals surface area contributed by atoms with Crippen LogP contribution in [0.3, 0.4) is 0 Å². The van der Waals surface area contributed by atoms with E-state index < -0.39 is 99.2 Å². The first-order chi connectivity index (χ1) is 24.5. The van der Waals surface area contributed by atoms with Crippen molar-refractivity contribution in [1.82, 2.24) is 0 Å². The molecule has 1 rings (SSSR count). The lowest BCUT2D eigenvalue weighted by molar-refractivity contribution is 0.114. The van der Waals surface area contributed by atoms with Gasteiger partial charge in [0.05, 0.1) is 6.10 Å². The van der Waals surface area contributed by atoms with Crippen molar-refractivity contribution in [2.75, 3.05) is 6.61 Å². The molecule has 0 aliphatic heterocycles. The summed E-state index contributed by atoms with van der Waals surface area (Å²) in [4.78, 5) is 0. The molecule has 324 valence electrons. The molecule has 0 heterocycles. The lowest BCUT2D eigenvalue weighted by atomic mass is 10.4. The monoisotopic (exact) mass is 942 g/mol. The fourth-order valence-electron chi connectivity index (χ4n) is 4.74. The van der Waals surface area contributed by atoms with Crippen LogP contribution in [0, 0.1) is 0 Å². The molecule has 1 fully saturated rings. The minimum Gasteiger partial charge on any atom is -0.449 e. The molecule has 53 heavy (non-hydrogen) atoms. The Balaban J connectivity index is -0.000000214. The fraction of sp³-hybridized carbons (Fsp3) is 0.879. The normalized spacial score (nSPS) is 17.2. The number of hydrogen-bond acceptors (Lipinski definition) is 9. The maximum Gasteiger partial charge on any atom is 0.635 e. The molecule has 0 amide bonds. The molecular weight excluding hydrogens is 849 g/mol. The quantitative estimate of drug-likeness (QED) is 0.0740. The third kappa shape index (κ3) is 35.2. The van der Waals surface area contributed by atoms with Crippen LogP contribution in [0.2, 0.25) is 110 Å². The van der Waals surface area contributed by atoms with Gasteiger partial charge in [0.15, 0.2) is 81.4 Å². The van der Waals surface area contributed by atoms with Crippen molar-refractivity contribution >= 4 is 99.2 Å². The van der Waals surface area contributed by atoms with E-state index in [1.165, 1.54) is 6.42 Å². The predicted octanol–water partition coefficient (Wildman–Crippen LogP) is 8.55. The van der Waals surface area contributed by atoms with Crippen molar-refractivity contribution < 1.29 is 37.7 Å². The van der Waals surface area contributed by atoms with Gasteiger partial charge in [-0.25, -0.2) is 0 Å². The lowest BCUT2D eigenvalue weighted by Gasteiger charge is -2.36. The van der Waals surface area contributed by atoms with Crippen molar-refractivity contribution in [2.24, 2.45) is 0 Å². The maximum absolute atomic E-state index is 6.54. The fourth-order valence-corrected chi connectivity index (χ4v) is 38.0. The highest BCUT2D eigenvalue weighted by atomic mass is 28.5. The third-order valence-corrected chi connectivity index (χ3v) is 36.8. The molecule has 20 heteroatoms. The Morgan fingerprint density at radius 2 is 0.962 bits per heavy atom. The van der Waals surface area contributed by atoms with Gasteiger partial charge in [-0.1, -0.05) is 85.9 Å². The zero-order valence-electron chi connectivity index (χ0n) is 39.6. The van der Waals surface area contributed by atoms with Crippen molar-refractivity contribution in [3.63, 3.8) is 0 Å². The zero-order chi connectivity index (χ0) is 43.1. The van der Waals surface area contributed by atoms with Crippen LogP contribution in [0.25, 0.3) is 0 Å². The van der Waals surface area contributed by atoms with Crippen LogP contribution in [-0.2, 0) is 37.7 Å². The van der Waals surface area contributed by atoms with Crippen LogP contribution < -0.4 is 0 Å². The van der Waals surface area contributed by atoms with E-state index in [0.29, 0.717) is 11.6 Å². The molecule has 2 atom stereocenters. The molecule has 0 aromatic carbocycles. The van der Waals surface area contributed by atoms with E-state index in [9.17, 15) is 0 Å².